The van der Waals surface area contributed by atoms with E-state index in [0.717, 1.165) is 29.6 Å². The monoisotopic (exact) mass is 252 g/mol. The maximum atomic E-state index is 2.51. The highest BCUT2D eigenvalue weighted by atomic mass is 14.5. The summed E-state index contributed by atoms with van der Waals surface area (Å²) in [5, 5.41) is 0. The van der Waals surface area contributed by atoms with Crippen LogP contribution in [-0.2, 0) is 0 Å². The van der Waals surface area contributed by atoms with E-state index in [4.69, 9.17) is 0 Å². The zero-order chi connectivity index (χ0) is 13.9. The molecule has 0 aromatic carbocycles. The molecule has 0 aromatic rings. The summed E-state index contributed by atoms with van der Waals surface area (Å²) >= 11 is 0. The topological polar surface area (TPSA) is 0 Å². The van der Waals surface area contributed by atoms with Crippen LogP contribution in [0.25, 0.3) is 0 Å². The summed E-state index contributed by atoms with van der Waals surface area (Å²) in [5.41, 5.74) is 0.557. The van der Waals surface area contributed by atoms with Crippen molar-refractivity contribution in [1.82, 2.24) is 0 Å². The second kappa shape index (κ2) is 6.44. The van der Waals surface area contributed by atoms with Gasteiger partial charge in [-0.1, -0.05) is 61.3 Å². The first-order chi connectivity index (χ1) is 8.30. The largest absolute Gasteiger partial charge is 0.0654 e. The quantitative estimate of drug-likeness (QED) is 0.485. The molecule has 1 rings (SSSR count). The zero-order valence-electron chi connectivity index (χ0n) is 13.9. The lowest BCUT2D eigenvalue weighted by Crippen LogP contribution is -2.32. The summed E-state index contributed by atoms with van der Waals surface area (Å²) in [7, 11) is 0. The van der Waals surface area contributed by atoms with Gasteiger partial charge in [-0.2, -0.15) is 0 Å². The minimum Gasteiger partial charge on any atom is -0.0654 e. The van der Waals surface area contributed by atoms with Crippen LogP contribution in [0, 0.1) is 35.0 Å². The molecule has 0 radical (unpaired) electrons. The van der Waals surface area contributed by atoms with Gasteiger partial charge in [0.15, 0.2) is 0 Å². The van der Waals surface area contributed by atoms with E-state index in [1.54, 1.807) is 0 Å². The molecule has 1 saturated carbocycles. The first kappa shape index (κ1) is 16.1. The van der Waals surface area contributed by atoms with Crippen molar-refractivity contribution >= 4 is 0 Å². The van der Waals surface area contributed by atoms with E-state index in [9.17, 15) is 0 Å². The van der Waals surface area contributed by atoms with Gasteiger partial charge in [0.25, 0.3) is 0 Å². The summed E-state index contributed by atoms with van der Waals surface area (Å²) < 4.78 is 0. The Balaban J connectivity index is 2.49. The van der Waals surface area contributed by atoms with Crippen molar-refractivity contribution in [3.05, 3.63) is 0 Å². The summed E-state index contributed by atoms with van der Waals surface area (Å²) in [6.07, 6.45) is 7.11. The van der Waals surface area contributed by atoms with E-state index < -0.39 is 0 Å². The molecule has 0 heteroatoms. The van der Waals surface area contributed by atoms with Crippen LogP contribution in [0.1, 0.15) is 80.6 Å². The average molecular weight is 252 g/mol. The zero-order valence-corrected chi connectivity index (χ0v) is 13.9. The molecule has 0 amide bonds. The second-order valence-electron chi connectivity index (χ2n) is 7.85. The molecule has 1 aliphatic carbocycles. The first-order valence-corrected chi connectivity index (χ1v) is 8.30. The SMILES string of the molecule is CCCC(C)CC(C)C(C)C(C)C(C)(C)C1CC1. The number of rotatable bonds is 8. The Morgan fingerprint density at radius 2 is 1.61 bits per heavy atom. The average Bonchev–Trinajstić information content (AvgIpc) is 3.11. The third-order valence-corrected chi connectivity index (χ3v) is 6.04. The van der Waals surface area contributed by atoms with Gasteiger partial charge in [-0.25, -0.2) is 0 Å². The molecule has 4 atom stereocenters. The first-order valence-electron chi connectivity index (χ1n) is 8.30. The van der Waals surface area contributed by atoms with Crippen LogP contribution in [0.2, 0.25) is 0 Å². The van der Waals surface area contributed by atoms with Gasteiger partial charge in [0.1, 0.15) is 0 Å². The Labute approximate surface area is 116 Å². The molecule has 0 nitrogen and oxygen atoms in total. The van der Waals surface area contributed by atoms with Gasteiger partial charge < -0.3 is 0 Å². The van der Waals surface area contributed by atoms with Gasteiger partial charge in [0, 0.05) is 0 Å². The Hall–Kier alpha value is 0. The molecule has 18 heavy (non-hydrogen) atoms. The summed E-state index contributed by atoms with van der Waals surface area (Å²) in [4.78, 5) is 0. The fourth-order valence-electron chi connectivity index (χ4n) is 3.83. The Morgan fingerprint density at radius 1 is 1.06 bits per heavy atom. The highest BCUT2D eigenvalue weighted by Gasteiger charge is 2.43. The van der Waals surface area contributed by atoms with E-state index >= 15 is 0 Å². The molecule has 108 valence electrons. The minimum absolute atomic E-state index is 0.557. The molecule has 1 fully saturated rings. The Morgan fingerprint density at radius 3 is 2.06 bits per heavy atom. The van der Waals surface area contributed by atoms with E-state index in [-0.39, 0.29) is 0 Å². The lowest BCUT2D eigenvalue weighted by atomic mass is 9.66. The normalized spacial score (nSPS) is 23.5. The van der Waals surface area contributed by atoms with Gasteiger partial charge >= 0.3 is 0 Å². The predicted octanol–water partition coefficient (Wildman–Crippen LogP) is 6.16. The summed E-state index contributed by atoms with van der Waals surface area (Å²) in [6.45, 7) is 17.2. The second-order valence-corrected chi connectivity index (χ2v) is 7.85. The van der Waals surface area contributed by atoms with Crippen LogP contribution >= 0.6 is 0 Å². The molecule has 0 N–H and O–H groups in total. The maximum absolute atomic E-state index is 2.51. The summed E-state index contributed by atoms with van der Waals surface area (Å²) in [6, 6.07) is 0. The standard InChI is InChI=1S/C18H36/c1-8-9-13(2)12-14(3)15(4)16(5)18(6,7)17-10-11-17/h13-17H,8-12H2,1-7H3. The van der Waals surface area contributed by atoms with E-state index in [1.165, 1.54) is 32.1 Å². The van der Waals surface area contributed by atoms with Gasteiger partial charge in [0.05, 0.1) is 0 Å². The highest BCUT2D eigenvalue weighted by molar-refractivity contribution is 4.93. The van der Waals surface area contributed by atoms with Crippen LogP contribution in [0.4, 0.5) is 0 Å². The predicted molar refractivity (Wildman–Crippen MR) is 82.7 cm³/mol. The van der Waals surface area contributed by atoms with Crippen LogP contribution in [-0.4, -0.2) is 0 Å². The molecule has 0 aromatic heterocycles. The van der Waals surface area contributed by atoms with Crippen molar-refractivity contribution in [2.24, 2.45) is 35.0 Å². The molecule has 0 saturated heterocycles. The molecular weight excluding hydrogens is 216 g/mol. The molecule has 0 spiro atoms. The number of hydrogen-bond donors (Lipinski definition) is 0. The van der Waals surface area contributed by atoms with Crippen LogP contribution < -0.4 is 0 Å². The third kappa shape index (κ3) is 4.00. The third-order valence-electron chi connectivity index (χ3n) is 6.04. The lowest BCUT2D eigenvalue weighted by Gasteiger charge is -2.39. The minimum atomic E-state index is 0.557. The van der Waals surface area contributed by atoms with Crippen molar-refractivity contribution in [2.45, 2.75) is 80.6 Å². The molecule has 4 unspecified atom stereocenters. The number of hydrogen-bond acceptors (Lipinski definition) is 0. The van der Waals surface area contributed by atoms with Crippen molar-refractivity contribution in [3.8, 4) is 0 Å². The van der Waals surface area contributed by atoms with Gasteiger partial charge in [-0.15, -0.1) is 0 Å². The van der Waals surface area contributed by atoms with Crippen molar-refractivity contribution < 1.29 is 0 Å². The van der Waals surface area contributed by atoms with Crippen molar-refractivity contribution in [2.75, 3.05) is 0 Å². The van der Waals surface area contributed by atoms with Crippen LogP contribution in [0.3, 0.4) is 0 Å². The maximum Gasteiger partial charge on any atom is -0.0298 e. The molecule has 1 aliphatic rings. The van der Waals surface area contributed by atoms with E-state index in [2.05, 4.69) is 48.5 Å². The smallest absolute Gasteiger partial charge is 0.0298 e. The molecule has 0 aliphatic heterocycles. The van der Waals surface area contributed by atoms with Crippen LogP contribution in [0.5, 0.6) is 0 Å². The van der Waals surface area contributed by atoms with Crippen molar-refractivity contribution in [1.29, 1.82) is 0 Å². The Bertz CT molecular complexity index is 236. The van der Waals surface area contributed by atoms with Gasteiger partial charge in [0.2, 0.25) is 0 Å². The van der Waals surface area contributed by atoms with Gasteiger partial charge in [-0.05, 0) is 54.3 Å². The molecule has 0 bridgehead atoms. The molecular formula is C18H36. The fraction of sp³-hybridized carbons (Fsp3) is 1.00. The molecule has 0 heterocycles. The van der Waals surface area contributed by atoms with Crippen LogP contribution in [0.15, 0.2) is 0 Å². The Kier molecular flexibility index (Phi) is 5.74. The van der Waals surface area contributed by atoms with E-state index in [1.807, 2.05) is 0 Å². The van der Waals surface area contributed by atoms with E-state index in [0.29, 0.717) is 5.41 Å². The lowest BCUT2D eigenvalue weighted by molar-refractivity contribution is 0.0967. The fourth-order valence-corrected chi connectivity index (χ4v) is 3.83. The van der Waals surface area contributed by atoms with Crippen molar-refractivity contribution in [3.63, 3.8) is 0 Å². The van der Waals surface area contributed by atoms with Gasteiger partial charge in [-0.3, -0.25) is 0 Å². The highest BCUT2D eigenvalue weighted by Crippen LogP contribution is 2.52. The summed E-state index contributed by atoms with van der Waals surface area (Å²) in [5.74, 6) is 4.51.